The van der Waals surface area contributed by atoms with Crippen molar-refractivity contribution in [2.75, 3.05) is 5.43 Å². The predicted molar refractivity (Wildman–Crippen MR) is 112 cm³/mol. The monoisotopic (exact) mass is 396 g/mol. The number of benzene rings is 2. The van der Waals surface area contributed by atoms with Crippen molar-refractivity contribution < 1.29 is 4.74 Å². The first-order chi connectivity index (χ1) is 13.6. The quantitative estimate of drug-likeness (QED) is 0.437. The van der Waals surface area contributed by atoms with Crippen LogP contribution in [0.25, 0.3) is 0 Å². The molecule has 1 aromatic heterocycles. The largest absolute Gasteiger partial charge is 0.489 e. The maximum Gasteiger partial charge on any atom is 0.252 e. The molecular weight excluding hydrogens is 376 g/mol. The van der Waals surface area contributed by atoms with Gasteiger partial charge in [-0.2, -0.15) is 5.10 Å². The highest BCUT2D eigenvalue weighted by molar-refractivity contribution is 6.30. The Balaban J connectivity index is 1.55. The average molecular weight is 397 g/mol. The number of aromatic nitrogens is 2. The molecule has 0 saturated carbocycles. The Kier molecular flexibility index (Phi) is 6.81. The minimum Gasteiger partial charge on any atom is -0.489 e. The molecule has 2 N–H and O–H groups in total. The van der Waals surface area contributed by atoms with Gasteiger partial charge in [0.05, 0.1) is 6.21 Å². The van der Waals surface area contributed by atoms with Crippen molar-refractivity contribution in [3.05, 3.63) is 86.8 Å². The lowest BCUT2D eigenvalue weighted by Crippen LogP contribution is -2.11. The molecule has 0 aliphatic carbocycles. The van der Waals surface area contributed by atoms with E-state index >= 15 is 0 Å². The van der Waals surface area contributed by atoms with Crippen molar-refractivity contribution >= 4 is 23.8 Å². The van der Waals surface area contributed by atoms with Crippen molar-refractivity contribution in [2.24, 2.45) is 5.10 Å². The first-order valence-electron chi connectivity index (χ1n) is 8.99. The third-order valence-electron chi connectivity index (χ3n) is 3.88. The fourth-order valence-corrected chi connectivity index (χ4v) is 2.64. The zero-order valence-corrected chi connectivity index (χ0v) is 16.2. The molecule has 6 nitrogen and oxygen atoms in total. The molecule has 0 aliphatic heterocycles. The number of ether oxygens (including phenoxy) is 1. The van der Waals surface area contributed by atoms with E-state index in [0.717, 1.165) is 35.4 Å². The Bertz CT molecular complexity index is 983. The molecule has 0 radical (unpaired) electrons. The van der Waals surface area contributed by atoms with Gasteiger partial charge in [-0.1, -0.05) is 37.1 Å². The number of aromatic amines is 1. The Morgan fingerprint density at radius 2 is 1.93 bits per heavy atom. The van der Waals surface area contributed by atoms with Crippen molar-refractivity contribution in [2.45, 2.75) is 26.4 Å². The zero-order chi connectivity index (χ0) is 19.8. The van der Waals surface area contributed by atoms with Crippen LogP contribution in [0.4, 0.5) is 5.95 Å². The Morgan fingerprint density at radius 1 is 1.18 bits per heavy atom. The van der Waals surface area contributed by atoms with Gasteiger partial charge in [-0.05, 0) is 53.9 Å². The predicted octanol–water partition coefficient (Wildman–Crippen LogP) is 4.40. The number of hydrogen-bond donors (Lipinski definition) is 2. The number of hydrazone groups is 1. The summed E-state index contributed by atoms with van der Waals surface area (Å²) in [7, 11) is 0. The van der Waals surface area contributed by atoms with Crippen LogP contribution in [0.3, 0.4) is 0 Å². The minimum absolute atomic E-state index is 0.196. The van der Waals surface area contributed by atoms with Crippen LogP contribution < -0.4 is 15.7 Å². The van der Waals surface area contributed by atoms with Crippen LogP contribution in [0.2, 0.25) is 5.02 Å². The number of nitrogens with zero attached hydrogens (tertiary/aromatic N) is 2. The maximum atomic E-state index is 11.6. The fraction of sp³-hybridized carbons (Fsp3) is 0.190. The smallest absolute Gasteiger partial charge is 0.252 e. The van der Waals surface area contributed by atoms with Crippen LogP contribution in [0.5, 0.6) is 5.75 Å². The van der Waals surface area contributed by atoms with Gasteiger partial charge in [0.25, 0.3) is 5.56 Å². The van der Waals surface area contributed by atoms with Crippen molar-refractivity contribution in [1.82, 2.24) is 9.97 Å². The summed E-state index contributed by atoms with van der Waals surface area (Å²) in [4.78, 5) is 18.6. The summed E-state index contributed by atoms with van der Waals surface area (Å²) >= 11 is 5.88. The molecule has 0 bridgehead atoms. The summed E-state index contributed by atoms with van der Waals surface area (Å²) in [5.41, 5.74) is 5.24. The standard InChI is InChI=1S/C21H21ClN4O2/c1-2-3-18-12-20(27)25-21(24-18)26-23-13-15-6-10-19(11-7-15)28-14-16-4-8-17(22)9-5-16/h4-13H,2-3,14H2,1H3,(H2,24,25,26,27)/b23-13+. The lowest BCUT2D eigenvalue weighted by molar-refractivity contribution is 0.306. The van der Waals surface area contributed by atoms with E-state index in [9.17, 15) is 4.79 Å². The number of rotatable bonds is 8. The molecule has 0 unspecified atom stereocenters. The lowest BCUT2D eigenvalue weighted by Gasteiger charge is -2.06. The molecular formula is C21H21ClN4O2. The van der Waals surface area contributed by atoms with Gasteiger partial charge in [-0.15, -0.1) is 0 Å². The van der Waals surface area contributed by atoms with Crippen molar-refractivity contribution in [3.63, 3.8) is 0 Å². The number of nitrogens with one attached hydrogen (secondary N) is 2. The number of anilines is 1. The van der Waals surface area contributed by atoms with E-state index in [1.807, 2.05) is 55.5 Å². The Hall–Kier alpha value is -3.12. The molecule has 3 aromatic rings. The molecule has 2 aromatic carbocycles. The van der Waals surface area contributed by atoms with Crippen LogP contribution in [0, 0.1) is 0 Å². The van der Waals surface area contributed by atoms with Crippen LogP contribution in [-0.4, -0.2) is 16.2 Å². The van der Waals surface area contributed by atoms with Gasteiger partial charge < -0.3 is 4.74 Å². The molecule has 0 amide bonds. The number of aryl methyl sites for hydroxylation is 1. The Morgan fingerprint density at radius 3 is 2.64 bits per heavy atom. The molecule has 0 saturated heterocycles. The summed E-state index contributed by atoms with van der Waals surface area (Å²) < 4.78 is 5.76. The summed E-state index contributed by atoms with van der Waals surface area (Å²) in [6.07, 6.45) is 3.32. The van der Waals surface area contributed by atoms with Gasteiger partial charge in [-0.25, -0.2) is 10.4 Å². The molecule has 1 heterocycles. The van der Waals surface area contributed by atoms with Gasteiger partial charge >= 0.3 is 0 Å². The summed E-state index contributed by atoms with van der Waals surface area (Å²) in [6, 6.07) is 16.6. The SMILES string of the molecule is CCCc1cc(=O)[nH]c(N/N=C/c2ccc(OCc3ccc(Cl)cc3)cc2)n1. The van der Waals surface area contributed by atoms with Crippen LogP contribution in [0.1, 0.15) is 30.2 Å². The van der Waals surface area contributed by atoms with E-state index in [1.165, 1.54) is 6.07 Å². The van der Waals surface area contributed by atoms with Crippen LogP contribution in [0.15, 0.2) is 64.5 Å². The molecule has 7 heteroatoms. The van der Waals surface area contributed by atoms with Gasteiger partial charge in [0.2, 0.25) is 5.95 Å². The van der Waals surface area contributed by atoms with E-state index in [2.05, 4.69) is 20.5 Å². The molecule has 0 atom stereocenters. The van der Waals surface area contributed by atoms with Crippen molar-refractivity contribution in [3.8, 4) is 5.75 Å². The minimum atomic E-state index is -0.196. The van der Waals surface area contributed by atoms with E-state index < -0.39 is 0 Å². The molecule has 0 fully saturated rings. The maximum absolute atomic E-state index is 11.6. The van der Waals surface area contributed by atoms with E-state index in [-0.39, 0.29) is 5.56 Å². The third-order valence-corrected chi connectivity index (χ3v) is 4.14. The normalized spacial score (nSPS) is 10.9. The Labute approximate surface area is 168 Å². The summed E-state index contributed by atoms with van der Waals surface area (Å²) in [6.45, 7) is 2.51. The zero-order valence-electron chi connectivity index (χ0n) is 15.5. The van der Waals surface area contributed by atoms with Gasteiger partial charge in [0, 0.05) is 16.8 Å². The van der Waals surface area contributed by atoms with Crippen LogP contribution in [-0.2, 0) is 13.0 Å². The highest BCUT2D eigenvalue weighted by atomic mass is 35.5. The number of halogens is 1. The molecule has 28 heavy (non-hydrogen) atoms. The van der Waals surface area contributed by atoms with Crippen molar-refractivity contribution in [1.29, 1.82) is 0 Å². The second-order valence-electron chi connectivity index (χ2n) is 6.19. The van der Waals surface area contributed by atoms with E-state index in [1.54, 1.807) is 6.21 Å². The third kappa shape index (κ3) is 5.96. The van der Waals surface area contributed by atoms with Gasteiger partial charge in [0.15, 0.2) is 0 Å². The fourth-order valence-electron chi connectivity index (χ4n) is 2.51. The topological polar surface area (TPSA) is 79.4 Å². The second-order valence-corrected chi connectivity index (χ2v) is 6.63. The number of hydrogen-bond acceptors (Lipinski definition) is 5. The van der Waals surface area contributed by atoms with E-state index in [0.29, 0.717) is 17.6 Å². The first kappa shape index (κ1) is 19.6. The van der Waals surface area contributed by atoms with Crippen LogP contribution >= 0.6 is 11.6 Å². The summed E-state index contributed by atoms with van der Waals surface area (Å²) in [5.74, 6) is 1.09. The first-order valence-corrected chi connectivity index (χ1v) is 9.37. The number of H-pyrrole nitrogens is 1. The van der Waals surface area contributed by atoms with E-state index in [4.69, 9.17) is 16.3 Å². The lowest BCUT2D eigenvalue weighted by atomic mass is 10.2. The molecule has 3 rings (SSSR count). The summed E-state index contributed by atoms with van der Waals surface area (Å²) in [5, 5.41) is 4.83. The highest BCUT2D eigenvalue weighted by Crippen LogP contribution is 2.15. The second kappa shape index (κ2) is 9.71. The average Bonchev–Trinajstić information content (AvgIpc) is 2.68. The molecule has 144 valence electrons. The molecule has 0 aliphatic rings. The van der Waals surface area contributed by atoms with Gasteiger partial charge in [0.1, 0.15) is 12.4 Å². The van der Waals surface area contributed by atoms with Gasteiger partial charge in [-0.3, -0.25) is 9.78 Å². The molecule has 0 spiro atoms. The highest BCUT2D eigenvalue weighted by Gasteiger charge is 2.00.